The van der Waals surface area contributed by atoms with Crippen LogP contribution in [0.4, 0.5) is 11.4 Å². The Kier molecular flexibility index (Phi) is 15.4. The lowest BCUT2D eigenvalue weighted by Crippen LogP contribution is -2.50. The highest BCUT2D eigenvalue weighted by Crippen LogP contribution is 2.34. The Morgan fingerprint density at radius 3 is 1.54 bits per heavy atom. The molecule has 2 atom stereocenters. The summed E-state index contributed by atoms with van der Waals surface area (Å²) in [6.45, 7) is 6.95. The number of methoxy groups -OCH3 is 2. The fourth-order valence-corrected chi connectivity index (χ4v) is 8.18. The predicted molar refractivity (Wildman–Crippen MR) is 233 cm³/mol. The molecule has 0 aliphatic carbocycles. The summed E-state index contributed by atoms with van der Waals surface area (Å²) < 4.78 is 10.5. The van der Waals surface area contributed by atoms with Gasteiger partial charge < -0.3 is 45.2 Å². The maximum Gasteiger partial charge on any atom is 0.303 e. The zero-order chi connectivity index (χ0) is 44.8. The number of Topliss-reactive ketones (excluding diaryl/α,β-unsaturated/α-hetero) is 2. The van der Waals surface area contributed by atoms with Crippen molar-refractivity contribution in [2.75, 3.05) is 76.4 Å². The van der Waals surface area contributed by atoms with E-state index in [1.54, 1.807) is 57.1 Å². The molecular formula is C46H54N8O9. The molecule has 4 aliphatic heterocycles. The summed E-state index contributed by atoms with van der Waals surface area (Å²) in [5, 5.41) is 17.5. The molecule has 6 heterocycles. The van der Waals surface area contributed by atoms with Crippen LogP contribution in [0.3, 0.4) is 0 Å². The molecule has 4 saturated heterocycles. The molecule has 2 aromatic carbocycles. The van der Waals surface area contributed by atoms with Crippen LogP contribution in [0, 0.1) is 0 Å². The largest absolute Gasteiger partial charge is 0.497 e. The number of nitrogens with zero attached hydrogens (tertiary/aromatic N) is 5. The number of rotatable bonds is 12. The van der Waals surface area contributed by atoms with Gasteiger partial charge in [0, 0.05) is 125 Å². The summed E-state index contributed by atoms with van der Waals surface area (Å²) in [5.74, 6) is -0.485. The van der Waals surface area contributed by atoms with Crippen LogP contribution in [0.5, 0.6) is 11.5 Å². The van der Waals surface area contributed by atoms with E-state index in [1.807, 2.05) is 41.3 Å². The number of nitrogens with one attached hydrogen (secondary N) is 3. The van der Waals surface area contributed by atoms with E-state index in [2.05, 4.69) is 47.9 Å². The third kappa shape index (κ3) is 11.3. The van der Waals surface area contributed by atoms with Crippen molar-refractivity contribution in [2.45, 2.75) is 49.6 Å². The van der Waals surface area contributed by atoms with Crippen molar-refractivity contribution in [3.8, 4) is 11.5 Å². The fourth-order valence-electron chi connectivity index (χ4n) is 8.18. The number of pyridine rings is 2. The number of ketones is 2. The van der Waals surface area contributed by atoms with Gasteiger partial charge in [-0.15, -0.1) is 0 Å². The second-order valence-corrected chi connectivity index (χ2v) is 15.5. The van der Waals surface area contributed by atoms with Gasteiger partial charge in [0.2, 0.25) is 17.7 Å². The molecule has 17 heteroatoms. The Bertz CT molecular complexity index is 2230. The van der Waals surface area contributed by atoms with E-state index >= 15 is 0 Å². The third-order valence-corrected chi connectivity index (χ3v) is 11.6. The van der Waals surface area contributed by atoms with Crippen LogP contribution >= 0.6 is 0 Å². The highest BCUT2D eigenvalue weighted by atomic mass is 16.5. The molecule has 0 bridgehead atoms. The summed E-state index contributed by atoms with van der Waals surface area (Å²) in [6.07, 6.45) is 6.11. The van der Waals surface area contributed by atoms with Gasteiger partial charge in [0.1, 0.15) is 22.6 Å². The van der Waals surface area contributed by atoms with Gasteiger partial charge in [-0.05, 0) is 49.2 Å². The zero-order valence-electron chi connectivity index (χ0n) is 35.6. The number of carbonyl (C=O) groups is 6. The first-order valence-corrected chi connectivity index (χ1v) is 20.9. The summed E-state index contributed by atoms with van der Waals surface area (Å²) in [4.78, 5) is 86.1. The molecule has 17 nitrogen and oxygen atoms in total. The molecule has 0 spiro atoms. The quantitative estimate of drug-likeness (QED) is 0.151. The number of hydrogen-bond donors (Lipinski definition) is 4. The first kappa shape index (κ1) is 45.6. The van der Waals surface area contributed by atoms with Crippen molar-refractivity contribution >= 4 is 46.6 Å². The molecule has 8 rings (SSSR count). The number of carbonyl (C=O) groups excluding carboxylic acids is 5. The Balaban J connectivity index is 0.000000174. The molecule has 4 fully saturated rings. The van der Waals surface area contributed by atoms with Crippen LogP contribution in [0.1, 0.15) is 49.7 Å². The number of carboxylic acids is 1. The summed E-state index contributed by atoms with van der Waals surface area (Å²) in [7, 11) is 3.35. The number of aliphatic carboxylic acids is 1. The van der Waals surface area contributed by atoms with E-state index < -0.39 is 17.0 Å². The lowest BCUT2D eigenvalue weighted by atomic mass is 9.84. The van der Waals surface area contributed by atoms with Gasteiger partial charge in [0.25, 0.3) is 0 Å². The second kappa shape index (κ2) is 21.3. The number of aromatic nitrogens is 2. The fraction of sp³-hybridized carbons (Fsp3) is 0.391. The number of piperazine rings is 2. The predicted octanol–water partition coefficient (Wildman–Crippen LogP) is 2.84. The van der Waals surface area contributed by atoms with Gasteiger partial charge >= 0.3 is 5.97 Å². The van der Waals surface area contributed by atoms with Crippen LogP contribution in [-0.2, 0) is 39.8 Å². The molecule has 4 N–H and O–H groups in total. The Morgan fingerprint density at radius 2 is 1.13 bits per heavy atom. The zero-order valence-corrected chi connectivity index (χ0v) is 35.6. The molecule has 0 radical (unpaired) electrons. The molecule has 4 aliphatic rings. The molecule has 4 aromatic rings. The lowest BCUT2D eigenvalue weighted by Gasteiger charge is -2.37. The van der Waals surface area contributed by atoms with Crippen molar-refractivity contribution in [1.29, 1.82) is 0 Å². The number of benzene rings is 2. The average molecular weight is 863 g/mol. The van der Waals surface area contributed by atoms with Crippen molar-refractivity contribution < 1.29 is 43.3 Å². The van der Waals surface area contributed by atoms with Crippen LogP contribution in [0.2, 0.25) is 0 Å². The van der Waals surface area contributed by atoms with E-state index in [1.165, 1.54) is 11.9 Å². The van der Waals surface area contributed by atoms with Gasteiger partial charge in [-0.2, -0.15) is 0 Å². The van der Waals surface area contributed by atoms with E-state index in [0.29, 0.717) is 24.2 Å². The minimum Gasteiger partial charge on any atom is -0.497 e. The SMILES string of the molecule is COc1cccc(N2CCN(C(=O)CCC3(c4cccnc4)NC(=O)CC3=O)CC2)c1.COc1cccc(N2CCNCC2)c1.O=C(O)CCC1(c2cccnc2)NC(=O)CC1=O. The number of carboxylic acid groups (broad SMARTS) is 1. The molecule has 332 valence electrons. The first-order chi connectivity index (χ1) is 30.5. The molecule has 3 amide bonds. The van der Waals surface area contributed by atoms with E-state index in [0.717, 1.165) is 56.5 Å². The normalized spacial score (nSPS) is 20.7. The van der Waals surface area contributed by atoms with Crippen LogP contribution < -0.4 is 35.2 Å². The third-order valence-electron chi connectivity index (χ3n) is 11.6. The van der Waals surface area contributed by atoms with E-state index in [4.69, 9.17) is 14.6 Å². The van der Waals surface area contributed by atoms with Crippen LogP contribution in [0.15, 0.2) is 97.6 Å². The van der Waals surface area contributed by atoms with E-state index in [-0.39, 0.29) is 67.8 Å². The Labute approximate surface area is 366 Å². The number of hydrogen-bond acceptors (Lipinski definition) is 13. The smallest absolute Gasteiger partial charge is 0.303 e. The number of amides is 3. The molecule has 63 heavy (non-hydrogen) atoms. The second-order valence-electron chi connectivity index (χ2n) is 15.5. The van der Waals surface area contributed by atoms with Crippen LogP contribution in [0.25, 0.3) is 0 Å². The van der Waals surface area contributed by atoms with E-state index in [9.17, 15) is 28.8 Å². The average Bonchev–Trinajstić information content (AvgIpc) is 3.80. The van der Waals surface area contributed by atoms with Crippen molar-refractivity contribution in [3.05, 3.63) is 109 Å². The van der Waals surface area contributed by atoms with Crippen molar-refractivity contribution in [1.82, 2.24) is 30.8 Å². The number of anilines is 2. The maximum atomic E-state index is 12.9. The standard InChI is InChI=1S/C23H26N4O4.C12H12N2O4.C11H16N2O/c1-31-19-6-2-5-18(14-19)26-10-12-27(13-11-26)22(30)7-8-23(17-4-3-9-24-16-17)20(28)15-21(29)25-23;15-9-6-10(16)14-12(9,4-3-11(17)18)8-2-1-5-13-7-8;1-14-11-4-2-3-10(9-11)13-7-5-12-6-8-13/h2-6,9,14,16H,7-8,10-13,15H2,1H3,(H,25,29);1-2,5,7H,3-4,6H2,(H,14,16)(H,17,18);2-4,9,12H,5-8H2,1H3. The lowest BCUT2D eigenvalue weighted by molar-refractivity contribution is -0.138. The van der Waals surface area contributed by atoms with Gasteiger partial charge in [-0.1, -0.05) is 24.3 Å². The highest BCUT2D eigenvalue weighted by molar-refractivity contribution is 6.11. The van der Waals surface area contributed by atoms with Gasteiger partial charge in [-0.25, -0.2) is 0 Å². The minimum absolute atomic E-state index is 0.0116. The molecule has 2 aromatic heterocycles. The maximum absolute atomic E-state index is 12.9. The molecule has 2 unspecified atom stereocenters. The topological polar surface area (TPSA) is 213 Å². The molecular weight excluding hydrogens is 809 g/mol. The monoisotopic (exact) mass is 862 g/mol. The number of ether oxygens (including phenoxy) is 2. The van der Waals surface area contributed by atoms with Gasteiger partial charge in [0.15, 0.2) is 11.6 Å². The van der Waals surface area contributed by atoms with Gasteiger partial charge in [0.05, 0.1) is 27.1 Å². The van der Waals surface area contributed by atoms with Crippen molar-refractivity contribution in [3.63, 3.8) is 0 Å². The summed E-state index contributed by atoms with van der Waals surface area (Å²) in [6, 6.07) is 22.9. The summed E-state index contributed by atoms with van der Waals surface area (Å²) >= 11 is 0. The Morgan fingerprint density at radius 1 is 0.651 bits per heavy atom. The van der Waals surface area contributed by atoms with Crippen LogP contribution in [-0.4, -0.2) is 122 Å². The Hall–Kier alpha value is -6.88. The minimum atomic E-state index is -1.23. The summed E-state index contributed by atoms with van der Waals surface area (Å²) in [5.41, 5.74) is 1.09. The first-order valence-electron chi connectivity index (χ1n) is 20.9. The van der Waals surface area contributed by atoms with Crippen molar-refractivity contribution in [2.24, 2.45) is 0 Å². The van der Waals surface area contributed by atoms with Gasteiger partial charge in [-0.3, -0.25) is 38.7 Å². The highest BCUT2D eigenvalue weighted by Gasteiger charge is 2.48. The molecule has 0 saturated carbocycles.